The molecule has 178 valence electrons. The van der Waals surface area contributed by atoms with E-state index < -0.39 is 30.7 Å². The van der Waals surface area contributed by atoms with Gasteiger partial charge in [0.25, 0.3) is 5.91 Å². The summed E-state index contributed by atoms with van der Waals surface area (Å²) in [7, 11) is 0. The molecule has 2 aromatic carbocycles. The molecule has 1 saturated carbocycles. The van der Waals surface area contributed by atoms with Crippen molar-refractivity contribution in [2.24, 2.45) is 10.9 Å². The van der Waals surface area contributed by atoms with Crippen LogP contribution in [0.5, 0.6) is 0 Å². The van der Waals surface area contributed by atoms with E-state index in [1.807, 2.05) is 55.5 Å². The molecule has 1 aliphatic heterocycles. The number of alkyl carbamates (subject to hydrolysis) is 1. The summed E-state index contributed by atoms with van der Waals surface area (Å²) in [4.78, 5) is 43.8. The van der Waals surface area contributed by atoms with Gasteiger partial charge in [-0.05, 0) is 30.9 Å². The summed E-state index contributed by atoms with van der Waals surface area (Å²) >= 11 is 0. The zero-order chi connectivity index (χ0) is 24.1. The molecule has 2 aliphatic rings. The second-order valence-electron chi connectivity index (χ2n) is 8.75. The fraction of sp³-hybridized carbons (Fsp3) is 0.385. The summed E-state index contributed by atoms with van der Waals surface area (Å²) in [5.74, 6) is -1.61. The molecule has 0 bridgehead atoms. The SMILES string of the molecule is Cc1cccc2c1N(CC(=O)O)C(=O)C(NC(=O)OCc1ccccc1)N=C2C1CCCCC1. The smallest absolute Gasteiger partial charge is 0.409 e. The van der Waals surface area contributed by atoms with Crippen LogP contribution in [0.4, 0.5) is 10.5 Å². The van der Waals surface area contributed by atoms with Gasteiger partial charge in [0.15, 0.2) is 0 Å². The van der Waals surface area contributed by atoms with Gasteiger partial charge in [-0.1, -0.05) is 67.8 Å². The van der Waals surface area contributed by atoms with Crippen LogP contribution >= 0.6 is 0 Å². The monoisotopic (exact) mass is 463 g/mol. The normalized spacial score (nSPS) is 18.5. The predicted octanol–water partition coefficient (Wildman–Crippen LogP) is 4.05. The fourth-order valence-electron chi connectivity index (χ4n) is 4.71. The number of hydrogen-bond acceptors (Lipinski definition) is 5. The molecule has 0 spiro atoms. The summed E-state index contributed by atoms with van der Waals surface area (Å²) in [6, 6.07) is 14.8. The molecule has 34 heavy (non-hydrogen) atoms. The van der Waals surface area contributed by atoms with Gasteiger partial charge in [0.1, 0.15) is 13.2 Å². The van der Waals surface area contributed by atoms with Crippen molar-refractivity contribution in [3.8, 4) is 0 Å². The van der Waals surface area contributed by atoms with Crippen molar-refractivity contribution in [3.05, 3.63) is 65.2 Å². The molecule has 0 saturated heterocycles. The molecule has 8 nitrogen and oxygen atoms in total. The number of hydrogen-bond donors (Lipinski definition) is 2. The van der Waals surface area contributed by atoms with Crippen molar-refractivity contribution in [1.82, 2.24) is 5.32 Å². The summed E-state index contributed by atoms with van der Waals surface area (Å²) in [6.07, 6.45) is 3.10. The topological polar surface area (TPSA) is 108 Å². The number of nitrogens with zero attached hydrogens (tertiary/aromatic N) is 2. The van der Waals surface area contributed by atoms with Crippen LogP contribution < -0.4 is 10.2 Å². The van der Waals surface area contributed by atoms with Gasteiger partial charge in [-0.15, -0.1) is 0 Å². The van der Waals surface area contributed by atoms with Crippen molar-refractivity contribution in [3.63, 3.8) is 0 Å². The molecule has 1 heterocycles. The first kappa shape index (κ1) is 23.5. The number of aliphatic carboxylic acids is 1. The lowest BCUT2D eigenvalue weighted by Gasteiger charge is -2.27. The lowest BCUT2D eigenvalue weighted by atomic mass is 9.82. The number of amides is 2. The Morgan fingerprint density at radius 3 is 2.53 bits per heavy atom. The average molecular weight is 464 g/mol. The van der Waals surface area contributed by atoms with Crippen LogP contribution in [0, 0.1) is 12.8 Å². The first-order chi connectivity index (χ1) is 16.4. The first-order valence-electron chi connectivity index (χ1n) is 11.6. The molecule has 8 heteroatoms. The third-order valence-electron chi connectivity index (χ3n) is 6.30. The predicted molar refractivity (Wildman–Crippen MR) is 128 cm³/mol. The number of carbonyl (C=O) groups excluding carboxylic acids is 2. The number of nitrogens with one attached hydrogen (secondary N) is 1. The van der Waals surface area contributed by atoms with Crippen molar-refractivity contribution >= 4 is 29.4 Å². The Bertz CT molecular complexity index is 1090. The number of benzene rings is 2. The molecule has 2 amide bonds. The highest BCUT2D eigenvalue weighted by Crippen LogP contribution is 2.35. The standard InChI is InChI=1S/C26H29N3O5/c1-17-9-8-14-20-22(19-12-6-3-7-13-19)27-24(25(32)29(23(17)20)15-21(30)31)28-26(33)34-16-18-10-4-2-5-11-18/h2,4-5,8-11,14,19,24H,3,6-7,12-13,15-16H2,1H3,(H,28,33)(H,30,31). The van der Waals surface area contributed by atoms with E-state index in [1.165, 1.54) is 4.90 Å². The maximum atomic E-state index is 13.5. The van der Waals surface area contributed by atoms with E-state index in [9.17, 15) is 19.5 Å². The van der Waals surface area contributed by atoms with Gasteiger partial charge < -0.3 is 9.84 Å². The number of aliphatic imine (C=N–C) groups is 1. The molecular weight excluding hydrogens is 434 g/mol. The minimum atomic E-state index is -1.27. The van der Waals surface area contributed by atoms with Gasteiger partial charge in [-0.2, -0.15) is 0 Å². The number of benzodiazepines with no additional fused rings is 1. The average Bonchev–Trinajstić information content (AvgIpc) is 2.95. The van der Waals surface area contributed by atoms with Gasteiger partial charge in [-0.25, -0.2) is 4.79 Å². The van der Waals surface area contributed by atoms with Gasteiger partial charge in [-0.3, -0.25) is 24.8 Å². The Labute approximate surface area is 198 Å². The van der Waals surface area contributed by atoms with Crippen LogP contribution in [-0.2, 0) is 20.9 Å². The fourth-order valence-corrected chi connectivity index (χ4v) is 4.71. The van der Waals surface area contributed by atoms with E-state index >= 15 is 0 Å². The van der Waals surface area contributed by atoms with Crippen LogP contribution in [0.15, 0.2) is 53.5 Å². The number of carboxylic acid groups (broad SMARTS) is 1. The maximum Gasteiger partial charge on any atom is 0.409 e. The zero-order valence-corrected chi connectivity index (χ0v) is 19.2. The number of para-hydroxylation sites is 1. The molecule has 1 aliphatic carbocycles. The largest absolute Gasteiger partial charge is 0.480 e. The summed E-state index contributed by atoms with van der Waals surface area (Å²) in [5.41, 5.74) is 3.63. The Kier molecular flexibility index (Phi) is 7.25. The molecule has 1 atom stereocenters. The highest BCUT2D eigenvalue weighted by Gasteiger charge is 2.37. The maximum absolute atomic E-state index is 13.5. The molecule has 1 unspecified atom stereocenters. The van der Waals surface area contributed by atoms with Gasteiger partial charge in [0, 0.05) is 11.5 Å². The van der Waals surface area contributed by atoms with E-state index in [0.717, 1.165) is 54.5 Å². The lowest BCUT2D eigenvalue weighted by molar-refractivity contribution is -0.136. The Hall–Kier alpha value is -3.68. The third-order valence-corrected chi connectivity index (χ3v) is 6.30. The molecule has 4 rings (SSSR count). The van der Waals surface area contributed by atoms with Crippen LogP contribution in [0.2, 0.25) is 0 Å². The van der Waals surface area contributed by atoms with Crippen molar-refractivity contribution in [2.75, 3.05) is 11.4 Å². The molecule has 2 aromatic rings. The molecule has 2 N–H and O–H groups in total. The van der Waals surface area contributed by atoms with Crippen molar-refractivity contribution in [2.45, 2.75) is 51.8 Å². The number of carboxylic acids is 1. The Morgan fingerprint density at radius 2 is 1.82 bits per heavy atom. The number of rotatable bonds is 6. The quantitative estimate of drug-likeness (QED) is 0.672. The second-order valence-corrected chi connectivity index (χ2v) is 8.75. The molecule has 0 aromatic heterocycles. The van der Waals surface area contributed by atoms with E-state index in [1.54, 1.807) is 0 Å². The van der Waals surface area contributed by atoms with E-state index in [-0.39, 0.29) is 12.5 Å². The first-order valence-corrected chi connectivity index (χ1v) is 11.6. The van der Waals surface area contributed by atoms with Gasteiger partial charge in [0.05, 0.1) is 11.4 Å². The van der Waals surface area contributed by atoms with Crippen LogP contribution in [0.1, 0.15) is 48.8 Å². The van der Waals surface area contributed by atoms with Crippen molar-refractivity contribution in [1.29, 1.82) is 0 Å². The van der Waals surface area contributed by atoms with Crippen LogP contribution in [0.3, 0.4) is 0 Å². The number of ether oxygens (including phenoxy) is 1. The minimum Gasteiger partial charge on any atom is -0.480 e. The number of anilines is 1. The Balaban J connectivity index is 1.67. The van der Waals surface area contributed by atoms with Crippen molar-refractivity contribution < 1.29 is 24.2 Å². The lowest BCUT2D eigenvalue weighted by Crippen LogP contribution is -2.49. The van der Waals surface area contributed by atoms with Gasteiger partial charge in [0.2, 0.25) is 6.17 Å². The highest BCUT2D eigenvalue weighted by molar-refractivity contribution is 6.15. The summed E-state index contributed by atoms with van der Waals surface area (Å²) in [6.45, 7) is 1.37. The number of aryl methyl sites for hydroxylation is 1. The molecule has 0 radical (unpaired) electrons. The molecular formula is C26H29N3O5. The molecule has 1 fully saturated rings. The highest BCUT2D eigenvalue weighted by atomic mass is 16.5. The van der Waals surface area contributed by atoms with Gasteiger partial charge >= 0.3 is 12.1 Å². The third kappa shape index (κ3) is 5.27. The number of fused-ring (bicyclic) bond motifs is 1. The van der Waals surface area contributed by atoms with Crippen LogP contribution in [0.25, 0.3) is 0 Å². The number of carbonyl (C=O) groups is 3. The Morgan fingerprint density at radius 1 is 1.09 bits per heavy atom. The van der Waals surface area contributed by atoms with Crippen LogP contribution in [-0.4, -0.2) is 41.5 Å². The second kappa shape index (κ2) is 10.5. The summed E-state index contributed by atoms with van der Waals surface area (Å²) in [5, 5.41) is 12.1. The van der Waals surface area contributed by atoms with E-state index in [4.69, 9.17) is 9.73 Å². The minimum absolute atomic E-state index is 0.0466. The zero-order valence-electron chi connectivity index (χ0n) is 19.2. The summed E-state index contributed by atoms with van der Waals surface area (Å²) < 4.78 is 5.31. The van der Waals surface area contributed by atoms with E-state index in [0.29, 0.717) is 5.69 Å². The van der Waals surface area contributed by atoms with E-state index in [2.05, 4.69) is 5.32 Å².